The number of aliphatic carboxylic acids is 1. The molecular weight excluding hydrogens is 128 g/mol. The molecule has 0 saturated carbocycles. The van der Waals surface area contributed by atoms with Crippen molar-refractivity contribution in [1.82, 2.24) is 0 Å². The number of hydrogen-bond donors (Lipinski definition) is 3. The third-order valence-electron chi connectivity index (χ3n) is 0.123. The quantitative estimate of drug-likeness (QED) is 0.401. The van der Waals surface area contributed by atoms with Crippen LogP contribution in [-0.2, 0) is 4.79 Å². The smallest absolute Gasteiger partial charge is 0.472 e. The Kier molecular flexibility index (Phi) is 7.22. The van der Waals surface area contributed by atoms with Gasteiger partial charge < -0.3 is 15.3 Å². The van der Waals surface area contributed by atoms with E-state index in [1.165, 1.54) is 5.92 Å². The second-order valence-corrected chi connectivity index (χ2v) is 0.732. The minimum atomic E-state index is -1.83. The van der Waals surface area contributed by atoms with Gasteiger partial charge in [0.15, 0.2) is 0 Å². The van der Waals surface area contributed by atoms with Gasteiger partial charge in [0.2, 0.25) is 0 Å². The van der Waals surface area contributed by atoms with Gasteiger partial charge in [0.1, 0.15) is 0 Å². The van der Waals surface area contributed by atoms with E-state index in [-0.39, 0.29) is 0 Å². The topological polar surface area (TPSA) is 94.8 Å². The van der Waals surface area contributed by atoms with Gasteiger partial charge in [-0.25, -0.2) is 9.59 Å². The van der Waals surface area contributed by atoms with E-state index in [1.807, 2.05) is 0 Å². The van der Waals surface area contributed by atoms with Gasteiger partial charge in [-0.2, -0.15) is 0 Å². The van der Waals surface area contributed by atoms with Gasteiger partial charge in [-0.15, -0.1) is 6.42 Å². The second kappa shape index (κ2) is 6.30. The van der Waals surface area contributed by atoms with Crippen LogP contribution < -0.4 is 0 Å². The van der Waals surface area contributed by atoms with Crippen molar-refractivity contribution >= 4 is 12.1 Å². The summed E-state index contributed by atoms with van der Waals surface area (Å²) in [5.41, 5.74) is 0. The van der Waals surface area contributed by atoms with Gasteiger partial charge in [-0.05, 0) is 0 Å². The molecule has 9 heavy (non-hydrogen) atoms. The van der Waals surface area contributed by atoms with Crippen molar-refractivity contribution in [3.8, 4) is 12.3 Å². The number of carboxylic acid groups (broad SMARTS) is 3. The highest BCUT2D eigenvalue weighted by Crippen LogP contribution is 1.44. The molecule has 0 aromatic heterocycles. The fraction of sp³-hybridized carbons (Fsp3) is 0. The van der Waals surface area contributed by atoms with Crippen molar-refractivity contribution in [2.75, 3.05) is 0 Å². The standard InChI is InChI=1S/C3H2O2.CH2O3/c1-2-3(4)5;2-1(3)4/h1H,(H,4,5);(H2,2,3,4). The van der Waals surface area contributed by atoms with Gasteiger partial charge in [0.05, 0.1) is 0 Å². The molecule has 0 heterocycles. The third-order valence-corrected chi connectivity index (χ3v) is 0.123. The maximum absolute atomic E-state index is 9.13. The maximum atomic E-state index is 9.13. The van der Waals surface area contributed by atoms with Gasteiger partial charge in [0.25, 0.3) is 0 Å². The average molecular weight is 132 g/mol. The number of rotatable bonds is 0. The molecule has 0 bridgehead atoms. The SMILES string of the molecule is C#CC(=O)O.O=C(O)O. The van der Waals surface area contributed by atoms with Crippen LogP contribution in [0.3, 0.4) is 0 Å². The molecule has 0 aliphatic carbocycles. The molecule has 5 nitrogen and oxygen atoms in total. The van der Waals surface area contributed by atoms with E-state index in [1.54, 1.807) is 0 Å². The Morgan fingerprint density at radius 3 is 1.33 bits per heavy atom. The summed E-state index contributed by atoms with van der Waals surface area (Å²) in [4.78, 5) is 17.7. The van der Waals surface area contributed by atoms with Crippen molar-refractivity contribution in [3.63, 3.8) is 0 Å². The first kappa shape index (κ1) is 10.3. The summed E-state index contributed by atoms with van der Waals surface area (Å²) in [5.74, 6) is 0.227. The largest absolute Gasteiger partial charge is 0.503 e. The summed E-state index contributed by atoms with van der Waals surface area (Å²) in [6.07, 6.45) is 2.49. The van der Waals surface area contributed by atoms with Crippen molar-refractivity contribution in [1.29, 1.82) is 0 Å². The van der Waals surface area contributed by atoms with E-state index >= 15 is 0 Å². The van der Waals surface area contributed by atoms with Crippen LogP contribution in [0.15, 0.2) is 0 Å². The van der Waals surface area contributed by atoms with E-state index in [0.717, 1.165) is 0 Å². The molecule has 0 aromatic rings. The van der Waals surface area contributed by atoms with Gasteiger partial charge in [-0.3, -0.25) is 0 Å². The molecule has 0 unspecified atom stereocenters. The van der Waals surface area contributed by atoms with E-state index in [9.17, 15) is 0 Å². The van der Waals surface area contributed by atoms with Gasteiger partial charge in [-0.1, -0.05) is 0 Å². The summed E-state index contributed by atoms with van der Waals surface area (Å²) in [6, 6.07) is 0. The van der Waals surface area contributed by atoms with Crippen molar-refractivity contribution in [2.24, 2.45) is 0 Å². The van der Waals surface area contributed by atoms with Crippen LogP contribution in [0.5, 0.6) is 0 Å². The van der Waals surface area contributed by atoms with E-state index in [0.29, 0.717) is 0 Å². The highest BCUT2D eigenvalue weighted by atomic mass is 16.6. The summed E-state index contributed by atoms with van der Waals surface area (Å²) in [6.45, 7) is 0. The number of hydrogen-bond acceptors (Lipinski definition) is 2. The number of carbonyl (C=O) groups is 2. The molecule has 0 aromatic carbocycles. The monoisotopic (exact) mass is 132 g/mol. The molecule has 50 valence electrons. The predicted octanol–water partition coefficient (Wildman–Crippen LogP) is -0.0734. The molecule has 3 N–H and O–H groups in total. The van der Waals surface area contributed by atoms with Crippen LogP contribution in [0.25, 0.3) is 0 Å². The maximum Gasteiger partial charge on any atom is 0.503 e. The first-order chi connectivity index (χ1) is 4.00. The van der Waals surface area contributed by atoms with E-state index in [4.69, 9.17) is 24.9 Å². The van der Waals surface area contributed by atoms with Crippen molar-refractivity contribution in [2.45, 2.75) is 0 Å². The van der Waals surface area contributed by atoms with Crippen LogP contribution in [0.4, 0.5) is 4.79 Å². The third kappa shape index (κ3) is 1290. The zero-order valence-electron chi connectivity index (χ0n) is 4.24. The molecule has 0 amide bonds. The minimum Gasteiger partial charge on any atom is -0.472 e. The van der Waals surface area contributed by atoms with Crippen molar-refractivity contribution in [3.05, 3.63) is 0 Å². The molecule has 0 saturated heterocycles. The molecule has 5 heteroatoms. The number of carboxylic acids is 1. The molecule has 0 aliphatic heterocycles. The minimum absolute atomic E-state index is 1.22. The Bertz CT molecular complexity index is 138. The van der Waals surface area contributed by atoms with Crippen LogP contribution in [0, 0.1) is 12.3 Å². The van der Waals surface area contributed by atoms with Crippen LogP contribution >= 0.6 is 0 Å². The number of terminal acetylenes is 1. The summed E-state index contributed by atoms with van der Waals surface area (Å²) in [7, 11) is 0. The second-order valence-electron chi connectivity index (χ2n) is 0.732. The summed E-state index contributed by atoms with van der Waals surface area (Å²) in [5, 5.41) is 21.4. The lowest BCUT2D eigenvalue weighted by Gasteiger charge is -1.60. The van der Waals surface area contributed by atoms with E-state index in [2.05, 4.69) is 6.42 Å². The molecule has 0 fully saturated rings. The summed E-state index contributed by atoms with van der Waals surface area (Å²) >= 11 is 0. The lowest BCUT2D eigenvalue weighted by atomic mass is 10.7. The first-order valence-corrected chi connectivity index (χ1v) is 1.62. The van der Waals surface area contributed by atoms with Crippen LogP contribution in [0.2, 0.25) is 0 Å². The zero-order chi connectivity index (χ0) is 7.86. The predicted molar refractivity (Wildman–Crippen MR) is 27.1 cm³/mol. The Morgan fingerprint density at radius 2 is 1.33 bits per heavy atom. The Labute approximate surface area is 50.5 Å². The highest BCUT2D eigenvalue weighted by Gasteiger charge is 1.74. The Morgan fingerprint density at radius 1 is 1.22 bits per heavy atom. The molecule has 0 aliphatic rings. The van der Waals surface area contributed by atoms with E-state index < -0.39 is 12.1 Å². The Balaban J connectivity index is 0. The Hall–Kier alpha value is -1.70. The molecular formula is C4H4O5. The fourth-order valence-corrected chi connectivity index (χ4v) is 0. The molecule has 0 rings (SSSR count). The highest BCUT2D eigenvalue weighted by molar-refractivity contribution is 5.85. The molecule has 0 radical (unpaired) electrons. The van der Waals surface area contributed by atoms with Gasteiger partial charge >= 0.3 is 12.1 Å². The lowest BCUT2D eigenvalue weighted by molar-refractivity contribution is -0.130. The normalized spacial score (nSPS) is 5.67. The zero-order valence-corrected chi connectivity index (χ0v) is 4.24. The summed E-state index contributed by atoms with van der Waals surface area (Å²) < 4.78 is 0. The van der Waals surface area contributed by atoms with Crippen LogP contribution in [0.1, 0.15) is 0 Å². The first-order valence-electron chi connectivity index (χ1n) is 1.62. The van der Waals surface area contributed by atoms with Gasteiger partial charge in [0, 0.05) is 5.92 Å². The van der Waals surface area contributed by atoms with Crippen molar-refractivity contribution < 1.29 is 24.9 Å². The molecule has 0 spiro atoms. The molecule has 0 atom stereocenters. The lowest BCUT2D eigenvalue weighted by Crippen LogP contribution is -1.83. The fourth-order valence-electron chi connectivity index (χ4n) is 0. The average Bonchev–Trinajstić information content (AvgIpc) is 1.65. The van der Waals surface area contributed by atoms with Crippen LogP contribution in [-0.4, -0.2) is 27.4 Å².